The third-order valence-corrected chi connectivity index (χ3v) is 2.34. The fourth-order valence-electron chi connectivity index (χ4n) is 1.48. The molecular formula is C12H17N5O. The molecule has 2 aromatic heterocycles. The van der Waals surface area contributed by atoms with Crippen LogP contribution in [-0.4, -0.2) is 25.9 Å². The summed E-state index contributed by atoms with van der Waals surface area (Å²) in [7, 11) is 1.90. The Labute approximate surface area is 106 Å². The molecule has 0 saturated carbocycles. The Morgan fingerprint density at radius 3 is 2.83 bits per heavy atom. The van der Waals surface area contributed by atoms with Crippen LogP contribution in [0.4, 0.5) is 5.95 Å². The second-order valence-corrected chi connectivity index (χ2v) is 4.18. The van der Waals surface area contributed by atoms with Crippen LogP contribution in [0.15, 0.2) is 24.5 Å². The summed E-state index contributed by atoms with van der Waals surface area (Å²) in [6, 6.07) is 3.69. The van der Waals surface area contributed by atoms with Crippen molar-refractivity contribution >= 4 is 5.95 Å². The molecule has 0 aliphatic heterocycles. The SMILES string of the molecule is CC(C)Oc1ccnc(NCc2ccnn2C)n1. The van der Waals surface area contributed by atoms with Gasteiger partial charge in [-0.1, -0.05) is 0 Å². The van der Waals surface area contributed by atoms with Crippen molar-refractivity contribution in [1.29, 1.82) is 0 Å². The van der Waals surface area contributed by atoms with Crippen molar-refractivity contribution in [3.05, 3.63) is 30.2 Å². The molecule has 0 amide bonds. The Morgan fingerprint density at radius 2 is 2.17 bits per heavy atom. The van der Waals surface area contributed by atoms with Crippen LogP contribution < -0.4 is 10.1 Å². The summed E-state index contributed by atoms with van der Waals surface area (Å²) < 4.78 is 7.31. The minimum absolute atomic E-state index is 0.102. The van der Waals surface area contributed by atoms with Crippen LogP contribution in [0.3, 0.4) is 0 Å². The van der Waals surface area contributed by atoms with Crippen LogP contribution in [-0.2, 0) is 13.6 Å². The number of aromatic nitrogens is 4. The lowest BCUT2D eigenvalue weighted by Gasteiger charge is -2.10. The molecule has 6 nitrogen and oxygen atoms in total. The van der Waals surface area contributed by atoms with E-state index >= 15 is 0 Å². The Hall–Kier alpha value is -2.11. The lowest BCUT2D eigenvalue weighted by atomic mass is 10.4. The van der Waals surface area contributed by atoms with E-state index in [1.807, 2.05) is 31.6 Å². The molecule has 2 aromatic rings. The number of rotatable bonds is 5. The maximum atomic E-state index is 5.51. The van der Waals surface area contributed by atoms with Crippen molar-refractivity contribution in [2.45, 2.75) is 26.5 Å². The van der Waals surface area contributed by atoms with Crippen LogP contribution in [0.5, 0.6) is 5.88 Å². The highest BCUT2D eigenvalue weighted by Crippen LogP contribution is 2.11. The summed E-state index contributed by atoms with van der Waals surface area (Å²) in [4.78, 5) is 8.41. The van der Waals surface area contributed by atoms with Crippen LogP contribution in [0.25, 0.3) is 0 Å². The molecule has 0 bridgehead atoms. The van der Waals surface area contributed by atoms with Gasteiger partial charge in [0.1, 0.15) is 0 Å². The van der Waals surface area contributed by atoms with Gasteiger partial charge in [-0.15, -0.1) is 0 Å². The summed E-state index contributed by atoms with van der Waals surface area (Å²) >= 11 is 0. The molecule has 0 spiro atoms. The smallest absolute Gasteiger partial charge is 0.226 e. The van der Waals surface area contributed by atoms with E-state index in [0.717, 1.165) is 5.69 Å². The molecule has 6 heteroatoms. The van der Waals surface area contributed by atoms with E-state index in [1.165, 1.54) is 0 Å². The van der Waals surface area contributed by atoms with E-state index in [0.29, 0.717) is 18.4 Å². The summed E-state index contributed by atoms with van der Waals surface area (Å²) in [6.07, 6.45) is 3.54. The monoisotopic (exact) mass is 247 g/mol. The molecule has 0 aromatic carbocycles. The predicted molar refractivity (Wildman–Crippen MR) is 68.3 cm³/mol. The molecule has 2 heterocycles. The summed E-state index contributed by atoms with van der Waals surface area (Å²) in [5.74, 6) is 1.13. The quantitative estimate of drug-likeness (QED) is 0.869. The van der Waals surface area contributed by atoms with E-state index in [4.69, 9.17) is 4.74 Å². The van der Waals surface area contributed by atoms with Crippen LogP contribution >= 0.6 is 0 Å². The number of nitrogens with zero attached hydrogens (tertiary/aromatic N) is 4. The number of anilines is 1. The first-order valence-corrected chi connectivity index (χ1v) is 5.85. The molecule has 1 N–H and O–H groups in total. The van der Waals surface area contributed by atoms with Crippen molar-refractivity contribution in [3.63, 3.8) is 0 Å². The van der Waals surface area contributed by atoms with Crippen LogP contribution in [0, 0.1) is 0 Å². The standard InChI is InChI=1S/C12H17N5O/c1-9(2)18-11-5-6-13-12(16-11)14-8-10-4-7-15-17(10)3/h4-7,9H,8H2,1-3H3,(H,13,14,16). The van der Waals surface area contributed by atoms with Gasteiger partial charge in [0, 0.05) is 25.5 Å². The predicted octanol–water partition coefficient (Wildman–Crippen LogP) is 1.61. The molecule has 96 valence electrons. The molecule has 0 unspecified atom stereocenters. The van der Waals surface area contributed by atoms with Gasteiger partial charge in [0.2, 0.25) is 11.8 Å². The highest BCUT2D eigenvalue weighted by molar-refractivity contribution is 5.28. The number of aryl methyl sites for hydroxylation is 1. The normalized spacial score (nSPS) is 10.7. The molecule has 0 fully saturated rings. The molecule has 0 aliphatic rings. The van der Waals surface area contributed by atoms with Gasteiger partial charge in [-0.2, -0.15) is 10.1 Å². The average Bonchev–Trinajstić information content (AvgIpc) is 2.72. The lowest BCUT2D eigenvalue weighted by Crippen LogP contribution is -2.10. The number of hydrogen-bond donors (Lipinski definition) is 1. The first-order chi connectivity index (χ1) is 8.65. The third kappa shape index (κ3) is 3.19. The molecule has 0 saturated heterocycles. The number of hydrogen-bond acceptors (Lipinski definition) is 5. The molecular weight excluding hydrogens is 230 g/mol. The van der Waals surface area contributed by atoms with E-state index < -0.39 is 0 Å². The Kier molecular flexibility index (Phi) is 3.76. The Bertz CT molecular complexity index is 509. The summed E-state index contributed by atoms with van der Waals surface area (Å²) in [6.45, 7) is 4.55. The zero-order chi connectivity index (χ0) is 13.0. The number of ether oxygens (including phenoxy) is 1. The van der Waals surface area contributed by atoms with Crippen molar-refractivity contribution in [2.24, 2.45) is 7.05 Å². The topological polar surface area (TPSA) is 64.9 Å². The second kappa shape index (κ2) is 5.48. The van der Waals surface area contributed by atoms with Crippen LogP contribution in [0.1, 0.15) is 19.5 Å². The van der Waals surface area contributed by atoms with Gasteiger partial charge in [-0.25, -0.2) is 4.98 Å². The Balaban J connectivity index is 1.99. The summed E-state index contributed by atoms with van der Waals surface area (Å²) in [5, 5.41) is 7.24. The van der Waals surface area contributed by atoms with Gasteiger partial charge in [0.25, 0.3) is 0 Å². The van der Waals surface area contributed by atoms with Crippen LogP contribution in [0.2, 0.25) is 0 Å². The maximum Gasteiger partial charge on any atom is 0.226 e. The van der Waals surface area contributed by atoms with E-state index in [9.17, 15) is 0 Å². The minimum atomic E-state index is 0.102. The third-order valence-electron chi connectivity index (χ3n) is 2.34. The number of nitrogens with one attached hydrogen (secondary N) is 1. The molecule has 0 atom stereocenters. The fraction of sp³-hybridized carbons (Fsp3) is 0.417. The first kappa shape index (κ1) is 12.3. The van der Waals surface area contributed by atoms with Gasteiger partial charge in [-0.3, -0.25) is 4.68 Å². The molecule has 0 radical (unpaired) electrons. The first-order valence-electron chi connectivity index (χ1n) is 5.85. The second-order valence-electron chi connectivity index (χ2n) is 4.18. The lowest BCUT2D eigenvalue weighted by molar-refractivity contribution is 0.232. The molecule has 18 heavy (non-hydrogen) atoms. The van der Waals surface area contributed by atoms with Gasteiger partial charge in [-0.05, 0) is 19.9 Å². The minimum Gasteiger partial charge on any atom is -0.475 e. The van der Waals surface area contributed by atoms with E-state index in [-0.39, 0.29) is 6.10 Å². The zero-order valence-corrected chi connectivity index (χ0v) is 10.8. The van der Waals surface area contributed by atoms with Crippen molar-refractivity contribution in [3.8, 4) is 5.88 Å². The van der Waals surface area contributed by atoms with Crippen molar-refractivity contribution in [2.75, 3.05) is 5.32 Å². The van der Waals surface area contributed by atoms with Gasteiger partial charge in [0.15, 0.2) is 0 Å². The average molecular weight is 247 g/mol. The van der Waals surface area contributed by atoms with Gasteiger partial charge in [0.05, 0.1) is 18.3 Å². The van der Waals surface area contributed by atoms with Crippen molar-refractivity contribution in [1.82, 2.24) is 19.7 Å². The highest BCUT2D eigenvalue weighted by atomic mass is 16.5. The maximum absolute atomic E-state index is 5.51. The van der Waals surface area contributed by atoms with E-state index in [2.05, 4.69) is 20.4 Å². The highest BCUT2D eigenvalue weighted by Gasteiger charge is 2.03. The van der Waals surface area contributed by atoms with Gasteiger partial charge < -0.3 is 10.1 Å². The van der Waals surface area contributed by atoms with Gasteiger partial charge >= 0.3 is 0 Å². The molecule has 0 aliphatic carbocycles. The largest absolute Gasteiger partial charge is 0.475 e. The summed E-state index contributed by atoms with van der Waals surface area (Å²) in [5.41, 5.74) is 1.06. The molecule has 2 rings (SSSR count). The Morgan fingerprint density at radius 1 is 1.33 bits per heavy atom. The fourth-order valence-corrected chi connectivity index (χ4v) is 1.48. The zero-order valence-electron chi connectivity index (χ0n) is 10.8. The van der Waals surface area contributed by atoms with E-state index in [1.54, 1.807) is 18.5 Å². The van der Waals surface area contributed by atoms with Crippen molar-refractivity contribution < 1.29 is 4.74 Å².